The molecule has 2 nitrogen and oxygen atoms in total. The average molecular weight is 410 g/mol. The Labute approximate surface area is 177 Å². The van der Waals surface area contributed by atoms with E-state index < -0.39 is 0 Å². The lowest BCUT2D eigenvalue weighted by Crippen LogP contribution is -2.23. The van der Waals surface area contributed by atoms with Gasteiger partial charge in [0.05, 0.1) is 15.6 Å². The minimum absolute atomic E-state index is 0.279. The van der Waals surface area contributed by atoms with Crippen molar-refractivity contribution in [3.8, 4) is 5.75 Å². The van der Waals surface area contributed by atoms with Crippen molar-refractivity contribution >= 4 is 40.1 Å². The van der Waals surface area contributed by atoms with Crippen LogP contribution in [0.3, 0.4) is 0 Å². The first-order valence-electron chi connectivity index (χ1n) is 9.19. The molecule has 1 N–H and O–H groups in total. The fraction of sp³-hybridized carbons (Fsp3) is 0.208. The number of thiocarbonyl (C=S) groups is 1. The van der Waals surface area contributed by atoms with Gasteiger partial charge < -0.3 is 10.1 Å². The predicted molar refractivity (Wildman–Crippen MR) is 124 cm³/mol. The minimum atomic E-state index is -0.279. The largest absolute Gasteiger partial charge is 0.486 e. The minimum Gasteiger partial charge on any atom is -0.486 e. The van der Waals surface area contributed by atoms with Crippen LogP contribution in [0, 0.1) is 6.92 Å². The third-order valence-electron chi connectivity index (χ3n) is 4.19. The number of rotatable bonds is 5. The molecule has 144 valence electrons. The van der Waals surface area contributed by atoms with Crippen LogP contribution in [0.25, 0.3) is 0 Å². The Morgan fingerprint density at radius 1 is 0.929 bits per heavy atom. The molecule has 0 saturated carbocycles. The van der Waals surface area contributed by atoms with E-state index in [1.54, 1.807) is 0 Å². The van der Waals surface area contributed by atoms with Crippen LogP contribution in [-0.2, 0) is 0 Å². The molecule has 0 atom stereocenters. The standard InChI is InChI=1S/C24H24ClNOS/c1-16-9-5-6-10-18(16)23(28)19-14-13-17(15-20(19)25)26-21-11-7-8-12-22(21)27-24(2,3)4/h5-15,26H,1-4H3. The number of benzene rings is 3. The zero-order valence-corrected chi connectivity index (χ0v) is 18.1. The summed E-state index contributed by atoms with van der Waals surface area (Å²) in [5, 5.41) is 4.02. The van der Waals surface area contributed by atoms with Crippen molar-refractivity contribution in [2.75, 3.05) is 5.32 Å². The van der Waals surface area contributed by atoms with Gasteiger partial charge in [0, 0.05) is 11.3 Å². The maximum atomic E-state index is 6.58. The summed E-state index contributed by atoms with van der Waals surface area (Å²) in [7, 11) is 0. The average Bonchev–Trinajstić information content (AvgIpc) is 2.62. The van der Waals surface area contributed by atoms with Crippen molar-refractivity contribution in [3.63, 3.8) is 0 Å². The van der Waals surface area contributed by atoms with Crippen LogP contribution in [0.5, 0.6) is 5.75 Å². The van der Waals surface area contributed by atoms with Crippen LogP contribution in [-0.4, -0.2) is 10.5 Å². The second-order valence-electron chi connectivity index (χ2n) is 7.67. The summed E-state index contributed by atoms with van der Waals surface area (Å²) in [6, 6.07) is 21.8. The summed E-state index contributed by atoms with van der Waals surface area (Å²) in [6.45, 7) is 8.14. The first kappa shape index (κ1) is 20.4. The molecule has 0 aliphatic heterocycles. The lowest BCUT2D eigenvalue weighted by molar-refractivity contribution is 0.132. The van der Waals surface area contributed by atoms with Gasteiger partial charge in [-0.3, -0.25) is 0 Å². The van der Waals surface area contributed by atoms with Crippen LogP contribution in [0.2, 0.25) is 5.02 Å². The summed E-state index contributed by atoms with van der Waals surface area (Å²) in [4.78, 5) is 0.756. The van der Waals surface area contributed by atoms with Crippen molar-refractivity contribution in [2.24, 2.45) is 0 Å². The van der Waals surface area contributed by atoms with E-state index in [1.807, 2.05) is 81.4 Å². The van der Waals surface area contributed by atoms with Crippen LogP contribution in [0.4, 0.5) is 11.4 Å². The summed E-state index contributed by atoms with van der Waals surface area (Å²) in [5.41, 5.74) is 4.52. The van der Waals surface area contributed by atoms with E-state index in [1.165, 1.54) is 0 Å². The highest BCUT2D eigenvalue weighted by Gasteiger charge is 2.15. The van der Waals surface area contributed by atoms with E-state index in [9.17, 15) is 0 Å². The first-order valence-corrected chi connectivity index (χ1v) is 9.98. The molecule has 0 spiro atoms. The van der Waals surface area contributed by atoms with Gasteiger partial charge in [0.15, 0.2) is 0 Å². The monoisotopic (exact) mass is 409 g/mol. The van der Waals surface area contributed by atoms with Crippen molar-refractivity contribution in [3.05, 3.63) is 88.4 Å². The van der Waals surface area contributed by atoms with Crippen molar-refractivity contribution in [1.29, 1.82) is 0 Å². The van der Waals surface area contributed by atoms with Crippen LogP contribution >= 0.6 is 23.8 Å². The van der Waals surface area contributed by atoms with Crippen molar-refractivity contribution in [1.82, 2.24) is 0 Å². The Hall–Kier alpha value is -2.36. The molecule has 4 heteroatoms. The molecule has 3 aromatic carbocycles. The van der Waals surface area contributed by atoms with Gasteiger partial charge in [0.1, 0.15) is 11.4 Å². The van der Waals surface area contributed by atoms with E-state index in [4.69, 9.17) is 28.6 Å². The zero-order chi connectivity index (χ0) is 20.3. The number of para-hydroxylation sites is 2. The summed E-state index contributed by atoms with van der Waals surface area (Å²) in [6.07, 6.45) is 0. The Bertz CT molecular complexity index is 1010. The van der Waals surface area contributed by atoms with Gasteiger partial charge in [-0.15, -0.1) is 0 Å². The van der Waals surface area contributed by atoms with E-state index >= 15 is 0 Å². The quantitative estimate of drug-likeness (QED) is 0.352. The Balaban J connectivity index is 1.86. The van der Waals surface area contributed by atoms with Gasteiger partial charge in [-0.2, -0.15) is 0 Å². The van der Waals surface area contributed by atoms with Gasteiger partial charge in [-0.05, 0) is 69.2 Å². The lowest BCUT2D eigenvalue weighted by atomic mass is 10.00. The third-order valence-corrected chi connectivity index (χ3v) is 4.94. The molecule has 3 rings (SSSR count). The topological polar surface area (TPSA) is 21.3 Å². The number of aryl methyl sites for hydroxylation is 1. The highest BCUT2D eigenvalue weighted by molar-refractivity contribution is 7.81. The van der Waals surface area contributed by atoms with E-state index in [2.05, 4.69) is 18.3 Å². The molecule has 0 fully saturated rings. The van der Waals surface area contributed by atoms with Gasteiger partial charge in [-0.1, -0.05) is 60.2 Å². The fourth-order valence-electron chi connectivity index (χ4n) is 2.89. The Kier molecular flexibility index (Phi) is 6.07. The van der Waals surface area contributed by atoms with Crippen molar-refractivity contribution in [2.45, 2.75) is 33.3 Å². The molecule has 0 saturated heterocycles. The molecule has 0 unspecified atom stereocenters. The predicted octanol–water partition coefficient (Wildman–Crippen LogP) is 7.34. The molecule has 0 bridgehead atoms. The molecule has 0 aliphatic carbocycles. The van der Waals surface area contributed by atoms with Gasteiger partial charge in [-0.25, -0.2) is 0 Å². The fourth-order valence-corrected chi connectivity index (χ4v) is 3.63. The Morgan fingerprint density at radius 3 is 2.29 bits per heavy atom. The maximum absolute atomic E-state index is 6.58. The summed E-state index contributed by atoms with van der Waals surface area (Å²) >= 11 is 12.3. The van der Waals surface area contributed by atoms with E-state index in [0.717, 1.165) is 38.7 Å². The number of nitrogens with one attached hydrogen (secondary N) is 1. The molecule has 0 heterocycles. The molecular weight excluding hydrogens is 386 g/mol. The second-order valence-corrected chi connectivity index (χ2v) is 8.49. The third kappa shape index (κ3) is 4.92. The van der Waals surface area contributed by atoms with Crippen LogP contribution in [0.15, 0.2) is 66.7 Å². The molecule has 0 aromatic heterocycles. The Morgan fingerprint density at radius 2 is 1.61 bits per heavy atom. The molecule has 3 aromatic rings. The maximum Gasteiger partial charge on any atom is 0.143 e. The van der Waals surface area contributed by atoms with Gasteiger partial charge in [0.2, 0.25) is 0 Å². The highest BCUT2D eigenvalue weighted by Crippen LogP contribution is 2.32. The van der Waals surface area contributed by atoms with Gasteiger partial charge in [0.25, 0.3) is 0 Å². The molecular formula is C24H24ClNOS. The van der Waals surface area contributed by atoms with E-state index in [-0.39, 0.29) is 5.60 Å². The lowest BCUT2D eigenvalue weighted by Gasteiger charge is -2.23. The number of hydrogen-bond acceptors (Lipinski definition) is 3. The van der Waals surface area contributed by atoms with Gasteiger partial charge >= 0.3 is 0 Å². The second kappa shape index (κ2) is 8.34. The van der Waals surface area contributed by atoms with Crippen molar-refractivity contribution < 1.29 is 4.74 Å². The molecule has 28 heavy (non-hydrogen) atoms. The zero-order valence-electron chi connectivity index (χ0n) is 16.5. The SMILES string of the molecule is Cc1ccccc1C(=S)c1ccc(Nc2ccccc2OC(C)(C)C)cc1Cl. The van der Waals surface area contributed by atoms with E-state index in [0.29, 0.717) is 5.02 Å². The van der Waals surface area contributed by atoms with Crippen LogP contribution in [0.1, 0.15) is 37.5 Å². The molecule has 0 aliphatic rings. The summed E-state index contributed by atoms with van der Waals surface area (Å²) < 4.78 is 6.05. The molecule has 0 amide bonds. The number of halogens is 1. The summed E-state index contributed by atoms with van der Waals surface area (Å²) in [5.74, 6) is 0.797. The number of anilines is 2. The molecule has 0 radical (unpaired) electrons. The van der Waals surface area contributed by atoms with Crippen LogP contribution < -0.4 is 10.1 Å². The highest BCUT2D eigenvalue weighted by atomic mass is 35.5. The number of hydrogen-bond donors (Lipinski definition) is 1. The first-order chi connectivity index (χ1) is 13.2. The normalized spacial score (nSPS) is 11.2. The number of ether oxygens (including phenoxy) is 1. The smallest absolute Gasteiger partial charge is 0.143 e.